The van der Waals surface area contributed by atoms with Gasteiger partial charge in [0.1, 0.15) is 22.8 Å². The van der Waals surface area contributed by atoms with Gasteiger partial charge in [-0.2, -0.15) is 13.2 Å². The van der Waals surface area contributed by atoms with Gasteiger partial charge in [-0.15, -0.1) is 13.2 Å². The molecule has 0 atom stereocenters. The summed E-state index contributed by atoms with van der Waals surface area (Å²) in [5.41, 5.74) is 1.66. The van der Waals surface area contributed by atoms with E-state index in [0.29, 0.717) is 12.1 Å². The van der Waals surface area contributed by atoms with E-state index in [2.05, 4.69) is 15.0 Å². The molecule has 0 aliphatic rings. The second-order valence-electron chi connectivity index (χ2n) is 7.24. The van der Waals surface area contributed by atoms with Gasteiger partial charge in [-0.1, -0.05) is 0 Å². The van der Waals surface area contributed by atoms with Crippen LogP contribution in [-0.2, 0) is 6.18 Å². The van der Waals surface area contributed by atoms with E-state index in [0.717, 1.165) is 36.5 Å². The summed E-state index contributed by atoms with van der Waals surface area (Å²) < 4.78 is 107. The van der Waals surface area contributed by atoms with Crippen molar-refractivity contribution in [2.45, 2.75) is 19.5 Å². The van der Waals surface area contributed by atoms with Crippen molar-refractivity contribution in [1.29, 1.82) is 0 Å². The van der Waals surface area contributed by atoms with Gasteiger partial charge in [0.15, 0.2) is 17.3 Å². The van der Waals surface area contributed by atoms with Crippen molar-refractivity contribution in [1.82, 2.24) is 4.98 Å². The molecular formula is C23H16F7N3O5. The minimum atomic E-state index is -5.19. The van der Waals surface area contributed by atoms with E-state index < -0.39 is 52.8 Å². The number of rotatable bonds is 8. The third kappa shape index (κ3) is 6.80. The lowest BCUT2D eigenvalue weighted by molar-refractivity contribution is -0.274. The third-order valence-electron chi connectivity index (χ3n) is 4.57. The number of ether oxygens (including phenoxy) is 3. The van der Waals surface area contributed by atoms with Crippen LogP contribution in [0.5, 0.6) is 23.0 Å². The van der Waals surface area contributed by atoms with Crippen LogP contribution in [0.3, 0.4) is 0 Å². The number of carbonyl (C=O) groups is 2. The molecule has 0 spiro atoms. The largest absolute Gasteiger partial charge is 0.573 e. The molecular weight excluding hydrogens is 531 g/mol. The van der Waals surface area contributed by atoms with Crippen molar-refractivity contribution in [3.8, 4) is 23.0 Å². The van der Waals surface area contributed by atoms with Gasteiger partial charge in [0, 0.05) is 18.0 Å². The zero-order valence-corrected chi connectivity index (χ0v) is 19.0. The number of alkyl halides is 6. The monoisotopic (exact) mass is 547 g/mol. The SMILES string of the molecule is CCOc1cc(OC(F)(F)F)ccc1Oc1ccc(C(F)(F)F)c(F)c1C(=O)Nc1ccnc(C(N)=O)c1. The van der Waals surface area contributed by atoms with E-state index in [4.69, 9.17) is 15.2 Å². The Bertz CT molecular complexity index is 1360. The zero-order chi connectivity index (χ0) is 28.3. The maximum atomic E-state index is 15.1. The number of halogens is 7. The Labute approximate surface area is 209 Å². The van der Waals surface area contributed by atoms with Crippen molar-refractivity contribution in [3.05, 3.63) is 71.3 Å². The number of amides is 2. The van der Waals surface area contributed by atoms with Crippen LogP contribution >= 0.6 is 0 Å². The Morgan fingerprint density at radius 3 is 2.26 bits per heavy atom. The van der Waals surface area contributed by atoms with Gasteiger partial charge < -0.3 is 25.3 Å². The van der Waals surface area contributed by atoms with Crippen molar-refractivity contribution < 1.29 is 54.5 Å². The first-order chi connectivity index (χ1) is 17.7. The van der Waals surface area contributed by atoms with Gasteiger partial charge in [-0.3, -0.25) is 14.6 Å². The Morgan fingerprint density at radius 1 is 0.974 bits per heavy atom. The quantitative estimate of drug-likeness (QED) is 0.351. The molecule has 0 aliphatic carbocycles. The molecule has 3 aromatic rings. The number of nitrogens with two attached hydrogens (primary N) is 1. The summed E-state index contributed by atoms with van der Waals surface area (Å²) in [5.74, 6) is -6.53. The predicted molar refractivity (Wildman–Crippen MR) is 116 cm³/mol. The molecule has 2 aromatic carbocycles. The summed E-state index contributed by atoms with van der Waals surface area (Å²) in [6, 6.07) is 5.65. The molecule has 3 N–H and O–H groups in total. The van der Waals surface area contributed by atoms with Crippen molar-refractivity contribution in [2.24, 2.45) is 5.73 Å². The minimum absolute atomic E-state index is 0.0786. The fourth-order valence-electron chi connectivity index (χ4n) is 3.07. The third-order valence-corrected chi connectivity index (χ3v) is 4.57. The number of nitrogens with zero attached hydrogens (tertiary/aromatic N) is 1. The summed E-state index contributed by atoms with van der Waals surface area (Å²) in [6.07, 6.45) is -9.16. The number of primary amides is 1. The highest BCUT2D eigenvalue weighted by molar-refractivity contribution is 6.07. The number of pyridine rings is 1. The Morgan fingerprint density at radius 2 is 1.66 bits per heavy atom. The molecule has 0 saturated carbocycles. The van der Waals surface area contributed by atoms with Crippen LogP contribution in [0.25, 0.3) is 0 Å². The fraction of sp³-hybridized carbons (Fsp3) is 0.174. The van der Waals surface area contributed by atoms with Crippen LogP contribution in [0, 0.1) is 5.82 Å². The standard InChI is InChI=1S/C23H16F7N3O5/c1-2-36-17-10-12(38-23(28,29)30)3-5-15(17)37-16-6-4-13(22(25,26)27)19(24)18(16)21(35)33-11-7-8-32-14(9-11)20(31)34/h3-10H,2H2,1H3,(H2,31,34)(H,32,33,35). The summed E-state index contributed by atoms with van der Waals surface area (Å²) in [7, 11) is 0. The molecule has 38 heavy (non-hydrogen) atoms. The first-order valence-corrected chi connectivity index (χ1v) is 10.4. The summed E-state index contributed by atoms with van der Waals surface area (Å²) >= 11 is 0. The molecule has 0 fully saturated rings. The molecule has 1 aromatic heterocycles. The number of hydrogen-bond acceptors (Lipinski definition) is 6. The summed E-state index contributed by atoms with van der Waals surface area (Å²) in [4.78, 5) is 27.9. The van der Waals surface area contributed by atoms with E-state index in [1.165, 1.54) is 6.92 Å². The van der Waals surface area contributed by atoms with E-state index in [1.54, 1.807) is 0 Å². The van der Waals surface area contributed by atoms with Gasteiger partial charge in [-0.05, 0) is 43.3 Å². The second kappa shape index (κ2) is 10.8. The van der Waals surface area contributed by atoms with Gasteiger partial charge in [0.2, 0.25) is 0 Å². The molecule has 0 unspecified atom stereocenters. The molecule has 3 rings (SSSR count). The highest BCUT2D eigenvalue weighted by Crippen LogP contribution is 2.41. The first kappa shape index (κ1) is 28.0. The minimum Gasteiger partial charge on any atom is -0.490 e. The van der Waals surface area contributed by atoms with Crippen LogP contribution in [0.4, 0.5) is 36.4 Å². The number of carbonyl (C=O) groups excluding carboxylic acids is 2. The number of anilines is 1. The van der Waals surface area contributed by atoms with E-state index in [1.807, 2.05) is 0 Å². The lowest BCUT2D eigenvalue weighted by Crippen LogP contribution is -2.19. The molecule has 0 aliphatic heterocycles. The molecule has 0 radical (unpaired) electrons. The van der Waals surface area contributed by atoms with Crippen molar-refractivity contribution >= 4 is 17.5 Å². The van der Waals surface area contributed by atoms with Crippen molar-refractivity contribution in [3.63, 3.8) is 0 Å². The Hall–Kier alpha value is -4.56. The van der Waals surface area contributed by atoms with Crippen molar-refractivity contribution in [2.75, 3.05) is 11.9 Å². The topological polar surface area (TPSA) is 113 Å². The normalized spacial score (nSPS) is 11.6. The average Bonchev–Trinajstić information content (AvgIpc) is 2.79. The maximum absolute atomic E-state index is 15.1. The summed E-state index contributed by atoms with van der Waals surface area (Å²) in [6.45, 7) is 1.40. The number of benzene rings is 2. The first-order valence-electron chi connectivity index (χ1n) is 10.4. The molecule has 15 heteroatoms. The summed E-state index contributed by atoms with van der Waals surface area (Å²) in [5, 5.41) is 2.12. The number of hydrogen-bond donors (Lipinski definition) is 2. The second-order valence-corrected chi connectivity index (χ2v) is 7.24. The smallest absolute Gasteiger partial charge is 0.490 e. The van der Waals surface area contributed by atoms with Gasteiger partial charge in [0.05, 0.1) is 12.2 Å². The highest BCUT2D eigenvalue weighted by atomic mass is 19.4. The van der Waals surface area contributed by atoms with Crippen LogP contribution in [-0.4, -0.2) is 29.8 Å². The van der Waals surface area contributed by atoms with E-state index >= 15 is 4.39 Å². The molecule has 0 saturated heterocycles. The number of aromatic nitrogens is 1. The van der Waals surface area contributed by atoms with Gasteiger partial charge >= 0.3 is 12.5 Å². The molecule has 2 amide bonds. The molecule has 8 nitrogen and oxygen atoms in total. The van der Waals surface area contributed by atoms with Crippen LogP contribution in [0.2, 0.25) is 0 Å². The van der Waals surface area contributed by atoms with E-state index in [9.17, 15) is 35.9 Å². The van der Waals surface area contributed by atoms with Crippen LogP contribution in [0.1, 0.15) is 33.3 Å². The average molecular weight is 547 g/mol. The Kier molecular flexibility index (Phi) is 7.98. The maximum Gasteiger partial charge on any atom is 0.573 e. The van der Waals surface area contributed by atoms with Crippen LogP contribution < -0.4 is 25.3 Å². The predicted octanol–water partition coefficient (Wildman–Crippen LogP) is 5.68. The molecule has 202 valence electrons. The van der Waals surface area contributed by atoms with Crippen LogP contribution in [0.15, 0.2) is 48.7 Å². The Balaban J connectivity index is 2.07. The van der Waals surface area contributed by atoms with Gasteiger partial charge in [0.25, 0.3) is 11.8 Å². The lowest BCUT2D eigenvalue weighted by atomic mass is 10.1. The van der Waals surface area contributed by atoms with E-state index in [-0.39, 0.29) is 29.5 Å². The van der Waals surface area contributed by atoms with Gasteiger partial charge in [-0.25, -0.2) is 4.39 Å². The lowest BCUT2D eigenvalue weighted by Gasteiger charge is -2.18. The highest BCUT2D eigenvalue weighted by Gasteiger charge is 2.38. The zero-order valence-electron chi connectivity index (χ0n) is 19.0. The molecule has 0 bridgehead atoms. The number of nitrogens with one attached hydrogen (secondary N) is 1. The fourth-order valence-corrected chi connectivity index (χ4v) is 3.07. The molecule has 1 heterocycles.